The minimum Gasteiger partial charge on any atom is -0.378 e. The van der Waals surface area contributed by atoms with Gasteiger partial charge in [-0.25, -0.2) is 4.98 Å². The molecule has 0 aliphatic heterocycles. The number of nitrogens with zero attached hydrogens (tertiary/aromatic N) is 1. The Labute approximate surface area is 123 Å². The number of aromatic nitrogens is 1. The average molecular weight is 282 g/mol. The van der Waals surface area contributed by atoms with E-state index < -0.39 is 0 Å². The van der Waals surface area contributed by atoms with Crippen LogP contribution in [0.3, 0.4) is 0 Å². The third-order valence-electron chi connectivity index (χ3n) is 3.45. The molecule has 3 rings (SSSR count). The van der Waals surface area contributed by atoms with Gasteiger partial charge in [-0.3, -0.25) is 0 Å². The van der Waals surface area contributed by atoms with Gasteiger partial charge in [0.1, 0.15) is 0 Å². The fraction of sp³-hybridized carbons (Fsp3) is 0.235. The van der Waals surface area contributed by atoms with Crippen LogP contribution in [0.4, 0.5) is 5.69 Å². The van der Waals surface area contributed by atoms with Crippen LogP contribution in [0.2, 0.25) is 0 Å². The Hall–Kier alpha value is -1.87. The molecule has 2 aromatic carbocycles. The van der Waals surface area contributed by atoms with Crippen molar-refractivity contribution in [1.29, 1.82) is 0 Å². The van der Waals surface area contributed by atoms with Crippen molar-refractivity contribution in [3.8, 4) is 0 Å². The van der Waals surface area contributed by atoms with E-state index in [9.17, 15) is 0 Å². The standard InChI is InChI=1S/C17H18N2S/c1-3-15(13-7-5-4-6-8-13)19-14-9-10-16-17(11-14)20-12(2)18-16/h4-11,15,19H,3H2,1-2H3. The number of hydrogen-bond acceptors (Lipinski definition) is 3. The van der Waals surface area contributed by atoms with Crippen molar-refractivity contribution in [2.45, 2.75) is 26.3 Å². The van der Waals surface area contributed by atoms with Crippen molar-refractivity contribution in [3.05, 3.63) is 59.1 Å². The number of thiazole rings is 1. The third kappa shape index (κ3) is 2.68. The van der Waals surface area contributed by atoms with Crippen molar-refractivity contribution in [2.75, 3.05) is 5.32 Å². The van der Waals surface area contributed by atoms with Crippen LogP contribution >= 0.6 is 11.3 Å². The van der Waals surface area contributed by atoms with Gasteiger partial charge in [0.05, 0.1) is 21.3 Å². The Morgan fingerprint density at radius 1 is 1.15 bits per heavy atom. The molecule has 3 heteroatoms. The number of hydrogen-bond donors (Lipinski definition) is 1. The largest absolute Gasteiger partial charge is 0.378 e. The normalized spacial score (nSPS) is 12.5. The molecule has 0 amide bonds. The number of aryl methyl sites for hydroxylation is 1. The molecule has 0 aliphatic rings. The maximum absolute atomic E-state index is 4.50. The maximum Gasteiger partial charge on any atom is 0.0907 e. The fourth-order valence-corrected chi connectivity index (χ4v) is 3.30. The molecule has 1 atom stereocenters. The van der Waals surface area contributed by atoms with Crippen LogP contribution in [0, 0.1) is 6.92 Å². The average Bonchev–Trinajstić information content (AvgIpc) is 2.85. The van der Waals surface area contributed by atoms with Crippen LogP contribution in [0.5, 0.6) is 0 Å². The second-order valence-corrected chi connectivity index (χ2v) is 6.17. The zero-order valence-electron chi connectivity index (χ0n) is 11.8. The first kappa shape index (κ1) is 13.1. The number of benzene rings is 2. The van der Waals surface area contributed by atoms with Crippen molar-refractivity contribution in [3.63, 3.8) is 0 Å². The minimum atomic E-state index is 0.350. The van der Waals surface area contributed by atoms with E-state index in [-0.39, 0.29) is 0 Å². The molecule has 3 aromatic rings. The number of rotatable bonds is 4. The van der Waals surface area contributed by atoms with Gasteiger partial charge in [0, 0.05) is 5.69 Å². The van der Waals surface area contributed by atoms with Crippen molar-refractivity contribution >= 4 is 27.2 Å². The van der Waals surface area contributed by atoms with Gasteiger partial charge in [-0.15, -0.1) is 11.3 Å². The first-order valence-corrected chi connectivity index (χ1v) is 7.76. The smallest absolute Gasteiger partial charge is 0.0907 e. The van der Waals surface area contributed by atoms with Gasteiger partial charge in [-0.1, -0.05) is 37.3 Å². The molecule has 0 saturated heterocycles. The summed E-state index contributed by atoms with van der Waals surface area (Å²) < 4.78 is 1.25. The molecule has 20 heavy (non-hydrogen) atoms. The van der Waals surface area contributed by atoms with Gasteiger partial charge < -0.3 is 5.32 Å². The van der Waals surface area contributed by atoms with Crippen molar-refractivity contribution in [2.24, 2.45) is 0 Å². The summed E-state index contributed by atoms with van der Waals surface area (Å²) in [6, 6.07) is 17.4. The molecule has 1 N–H and O–H groups in total. The van der Waals surface area contributed by atoms with E-state index in [1.54, 1.807) is 11.3 Å². The Bertz CT molecular complexity index is 703. The minimum absolute atomic E-state index is 0.350. The van der Waals surface area contributed by atoms with Gasteiger partial charge in [-0.2, -0.15) is 0 Å². The van der Waals surface area contributed by atoms with Crippen LogP contribution in [-0.2, 0) is 0 Å². The molecule has 0 aliphatic carbocycles. The molecule has 2 nitrogen and oxygen atoms in total. The fourth-order valence-electron chi connectivity index (χ4n) is 2.44. The van der Waals surface area contributed by atoms with Crippen LogP contribution in [0.1, 0.15) is 30.0 Å². The van der Waals surface area contributed by atoms with E-state index in [1.165, 1.54) is 10.3 Å². The predicted octanol–water partition coefficient (Wildman–Crippen LogP) is 5.17. The van der Waals surface area contributed by atoms with E-state index in [1.807, 2.05) is 0 Å². The summed E-state index contributed by atoms with van der Waals surface area (Å²) in [6.45, 7) is 4.26. The highest BCUT2D eigenvalue weighted by Gasteiger charge is 2.09. The highest BCUT2D eigenvalue weighted by Crippen LogP contribution is 2.28. The number of fused-ring (bicyclic) bond motifs is 1. The van der Waals surface area contributed by atoms with Gasteiger partial charge in [0.15, 0.2) is 0 Å². The molecule has 1 heterocycles. The molecular weight excluding hydrogens is 264 g/mol. The highest BCUT2D eigenvalue weighted by atomic mass is 32.1. The molecule has 102 valence electrons. The van der Waals surface area contributed by atoms with E-state index in [0.29, 0.717) is 6.04 Å². The Kier molecular flexibility index (Phi) is 3.70. The number of anilines is 1. The Morgan fingerprint density at radius 2 is 1.95 bits per heavy atom. The SMILES string of the molecule is CCC(Nc1ccc2nc(C)sc2c1)c1ccccc1. The first-order chi connectivity index (χ1) is 9.76. The van der Waals surface area contributed by atoms with Crippen LogP contribution < -0.4 is 5.32 Å². The predicted molar refractivity (Wildman–Crippen MR) is 87.5 cm³/mol. The Balaban J connectivity index is 1.87. The second kappa shape index (κ2) is 5.63. The molecule has 0 radical (unpaired) electrons. The Morgan fingerprint density at radius 3 is 2.70 bits per heavy atom. The van der Waals surface area contributed by atoms with Crippen molar-refractivity contribution < 1.29 is 0 Å². The van der Waals surface area contributed by atoms with Crippen LogP contribution in [0.15, 0.2) is 48.5 Å². The summed E-state index contributed by atoms with van der Waals surface area (Å²) in [5.74, 6) is 0. The van der Waals surface area contributed by atoms with Gasteiger partial charge >= 0.3 is 0 Å². The number of nitrogens with one attached hydrogen (secondary N) is 1. The molecule has 1 unspecified atom stereocenters. The lowest BCUT2D eigenvalue weighted by molar-refractivity contribution is 0.750. The molecule has 0 spiro atoms. The second-order valence-electron chi connectivity index (χ2n) is 4.93. The highest BCUT2D eigenvalue weighted by molar-refractivity contribution is 7.18. The first-order valence-electron chi connectivity index (χ1n) is 6.95. The van der Waals surface area contributed by atoms with E-state index >= 15 is 0 Å². The lowest BCUT2D eigenvalue weighted by Gasteiger charge is -2.18. The van der Waals surface area contributed by atoms with Crippen LogP contribution in [-0.4, -0.2) is 4.98 Å². The summed E-state index contributed by atoms with van der Waals surface area (Å²) in [7, 11) is 0. The maximum atomic E-state index is 4.50. The van der Waals surface area contributed by atoms with Gasteiger partial charge in [0.2, 0.25) is 0 Å². The third-order valence-corrected chi connectivity index (χ3v) is 4.38. The van der Waals surface area contributed by atoms with E-state index in [0.717, 1.165) is 22.6 Å². The van der Waals surface area contributed by atoms with E-state index in [2.05, 4.69) is 72.7 Å². The summed E-state index contributed by atoms with van der Waals surface area (Å²) >= 11 is 1.75. The van der Waals surface area contributed by atoms with Crippen molar-refractivity contribution in [1.82, 2.24) is 4.98 Å². The van der Waals surface area contributed by atoms with Crippen LogP contribution in [0.25, 0.3) is 10.2 Å². The van der Waals surface area contributed by atoms with Gasteiger partial charge in [-0.05, 0) is 37.1 Å². The zero-order valence-corrected chi connectivity index (χ0v) is 12.6. The summed E-state index contributed by atoms with van der Waals surface area (Å²) in [6.07, 6.45) is 1.06. The van der Waals surface area contributed by atoms with E-state index in [4.69, 9.17) is 0 Å². The topological polar surface area (TPSA) is 24.9 Å². The monoisotopic (exact) mass is 282 g/mol. The summed E-state index contributed by atoms with van der Waals surface area (Å²) in [5.41, 5.74) is 3.58. The lowest BCUT2D eigenvalue weighted by atomic mass is 10.0. The quantitative estimate of drug-likeness (QED) is 0.714. The molecular formula is C17H18N2S. The van der Waals surface area contributed by atoms with Gasteiger partial charge in [0.25, 0.3) is 0 Å². The molecule has 0 saturated carbocycles. The zero-order chi connectivity index (χ0) is 13.9. The molecule has 1 aromatic heterocycles. The summed E-state index contributed by atoms with van der Waals surface area (Å²) in [5, 5.41) is 4.74. The lowest BCUT2D eigenvalue weighted by Crippen LogP contribution is -2.09. The summed E-state index contributed by atoms with van der Waals surface area (Å²) in [4.78, 5) is 4.50. The molecule has 0 bridgehead atoms. The molecule has 0 fully saturated rings.